The first kappa shape index (κ1) is 30.4. The van der Waals surface area contributed by atoms with Gasteiger partial charge < -0.3 is 39.1 Å². The van der Waals surface area contributed by atoms with Crippen molar-refractivity contribution in [2.45, 2.75) is 0 Å². The normalized spacial score (nSPS) is 16.6. The van der Waals surface area contributed by atoms with E-state index in [0.29, 0.717) is 86.9 Å². The van der Waals surface area contributed by atoms with Gasteiger partial charge in [-0.05, 0) is 66.7 Å². The summed E-state index contributed by atoms with van der Waals surface area (Å²) in [6.07, 6.45) is 3.81. The second kappa shape index (κ2) is 17.3. The Bertz CT molecular complexity index is 1180. The van der Waals surface area contributed by atoms with Gasteiger partial charge >= 0.3 is 0 Å². The Morgan fingerprint density at radius 1 is 0.476 bits per heavy atom. The average Bonchev–Trinajstić information content (AvgIpc) is 3.02. The number of amides is 2. The third-order valence-electron chi connectivity index (χ3n) is 5.93. The van der Waals surface area contributed by atoms with Crippen LogP contribution in [0.3, 0.4) is 0 Å². The predicted molar refractivity (Wildman–Crippen MR) is 157 cm³/mol. The Labute approximate surface area is 245 Å². The van der Waals surface area contributed by atoms with Crippen LogP contribution in [0.1, 0.15) is 20.7 Å². The SMILES string of the molecule is O=C1NCCOc2ccc(cc2)OCCOCC=CCOCCOc2ccc(cc2)OCCNC(=O)c2cccc1c2. The minimum atomic E-state index is -0.292. The van der Waals surface area contributed by atoms with E-state index in [1.54, 1.807) is 48.5 Å². The summed E-state index contributed by atoms with van der Waals surface area (Å²) in [6, 6.07) is 21.0. The van der Waals surface area contributed by atoms with Crippen LogP contribution in [0.2, 0.25) is 0 Å². The van der Waals surface area contributed by atoms with Gasteiger partial charge in [0.15, 0.2) is 0 Å². The Balaban J connectivity index is 1.29. The van der Waals surface area contributed by atoms with Crippen molar-refractivity contribution in [2.24, 2.45) is 0 Å². The minimum Gasteiger partial charge on any atom is -0.492 e. The third kappa shape index (κ3) is 10.8. The molecule has 4 aliphatic heterocycles. The van der Waals surface area contributed by atoms with Gasteiger partial charge in [0.2, 0.25) is 0 Å². The van der Waals surface area contributed by atoms with Crippen molar-refractivity contribution in [3.63, 3.8) is 0 Å². The molecule has 3 aromatic rings. The number of carbonyl (C=O) groups excluding carboxylic acids is 2. The molecule has 3 aromatic carbocycles. The maximum absolute atomic E-state index is 12.6. The summed E-state index contributed by atoms with van der Waals surface area (Å²) in [4.78, 5) is 25.2. The van der Waals surface area contributed by atoms with Gasteiger partial charge in [-0.3, -0.25) is 9.59 Å². The van der Waals surface area contributed by atoms with E-state index < -0.39 is 0 Å². The van der Waals surface area contributed by atoms with Crippen LogP contribution < -0.4 is 29.6 Å². The largest absolute Gasteiger partial charge is 0.492 e. The smallest absolute Gasteiger partial charge is 0.251 e. The zero-order valence-corrected chi connectivity index (χ0v) is 23.4. The summed E-state index contributed by atoms with van der Waals surface area (Å²) in [6.45, 7) is 3.86. The number of carbonyl (C=O) groups is 2. The predicted octanol–water partition coefficient (Wildman–Crippen LogP) is 3.66. The zero-order valence-electron chi connectivity index (χ0n) is 23.4. The molecule has 4 heterocycles. The van der Waals surface area contributed by atoms with Crippen LogP contribution in [0.25, 0.3) is 0 Å². The number of ether oxygens (including phenoxy) is 6. The fourth-order valence-corrected chi connectivity index (χ4v) is 3.81. The highest BCUT2D eigenvalue weighted by Gasteiger charge is 2.10. The standard InChI is InChI=1S/C32H36N2O8/c35-31-25-4-3-5-26(24-25)32(36)34-15-19-40-28-8-12-30(13-9-28)42-23-21-38-17-2-1-16-37-20-22-41-29-10-6-27(7-11-29)39-18-14-33-31/h1-13,24H,14-23H2,(H,33,35)(H,34,36). The van der Waals surface area contributed by atoms with Crippen LogP contribution in [0.4, 0.5) is 0 Å². The lowest BCUT2D eigenvalue weighted by atomic mass is 10.1. The van der Waals surface area contributed by atoms with Gasteiger partial charge in [-0.25, -0.2) is 0 Å². The number of benzene rings is 3. The van der Waals surface area contributed by atoms with Gasteiger partial charge in [0.25, 0.3) is 11.8 Å². The van der Waals surface area contributed by atoms with Crippen LogP contribution in [0.5, 0.6) is 23.0 Å². The summed E-state index contributed by atoms with van der Waals surface area (Å²) in [5, 5.41) is 5.62. The molecule has 0 unspecified atom stereocenters. The number of hydrogen-bond donors (Lipinski definition) is 2. The highest BCUT2D eigenvalue weighted by molar-refractivity contribution is 5.99. The summed E-state index contributed by atoms with van der Waals surface area (Å²) in [5.41, 5.74) is 0.770. The number of hydrogen-bond acceptors (Lipinski definition) is 8. The van der Waals surface area contributed by atoms with Crippen molar-refractivity contribution in [3.05, 3.63) is 96.1 Å². The molecule has 6 bridgehead atoms. The first-order chi connectivity index (χ1) is 20.7. The van der Waals surface area contributed by atoms with Crippen molar-refractivity contribution in [3.8, 4) is 23.0 Å². The maximum Gasteiger partial charge on any atom is 0.251 e. The molecule has 2 amide bonds. The summed E-state index contributed by atoms with van der Waals surface area (Å²) < 4.78 is 33.9. The summed E-state index contributed by atoms with van der Waals surface area (Å²) >= 11 is 0. The molecular weight excluding hydrogens is 540 g/mol. The Morgan fingerprint density at radius 2 is 0.857 bits per heavy atom. The van der Waals surface area contributed by atoms with E-state index >= 15 is 0 Å². The van der Waals surface area contributed by atoms with Crippen molar-refractivity contribution in [1.29, 1.82) is 0 Å². The zero-order chi connectivity index (χ0) is 29.2. The Hall–Kier alpha value is -4.54. The number of nitrogens with one attached hydrogen (secondary N) is 2. The van der Waals surface area contributed by atoms with Crippen LogP contribution in [0, 0.1) is 0 Å². The molecule has 0 aliphatic carbocycles. The lowest BCUT2D eigenvalue weighted by Gasteiger charge is -2.11. The van der Waals surface area contributed by atoms with E-state index in [2.05, 4.69) is 10.6 Å². The van der Waals surface area contributed by atoms with E-state index in [-0.39, 0.29) is 25.0 Å². The lowest BCUT2D eigenvalue weighted by molar-refractivity contribution is 0.0946. The van der Waals surface area contributed by atoms with Gasteiger partial charge in [0, 0.05) is 11.1 Å². The fourth-order valence-electron chi connectivity index (χ4n) is 3.81. The van der Waals surface area contributed by atoms with Crippen molar-refractivity contribution in [1.82, 2.24) is 10.6 Å². The molecule has 42 heavy (non-hydrogen) atoms. The molecular formula is C32H36N2O8. The first-order valence-electron chi connectivity index (χ1n) is 13.9. The fraction of sp³-hybridized carbons (Fsp3) is 0.312. The molecule has 10 nitrogen and oxygen atoms in total. The van der Waals surface area contributed by atoms with Crippen molar-refractivity contribution in [2.75, 3.05) is 65.9 Å². The molecule has 0 fully saturated rings. The Kier molecular flexibility index (Phi) is 12.5. The van der Waals surface area contributed by atoms with E-state index in [1.807, 2.05) is 36.4 Å². The molecule has 2 N–H and O–H groups in total. The van der Waals surface area contributed by atoms with E-state index in [1.165, 1.54) is 0 Å². The van der Waals surface area contributed by atoms with Crippen LogP contribution in [-0.4, -0.2) is 77.8 Å². The lowest BCUT2D eigenvalue weighted by Crippen LogP contribution is -2.30. The van der Waals surface area contributed by atoms with Gasteiger partial charge in [-0.2, -0.15) is 0 Å². The molecule has 222 valence electrons. The Morgan fingerprint density at radius 3 is 1.26 bits per heavy atom. The minimum absolute atomic E-state index is 0.286. The monoisotopic (exact) mass is 576 g/mol. The van der Waals surface area contributed by atoms with Crippen LogP contribution >= 0.6 is 0 Å². The van der Waals surface area contributed by atoms with Gasteiger partial charge in [0.1, 0.15) is 49.4 Å². The quantitative estimate of drug-likeness (QED) is 0.390. The van der Waals surface area contributed by atoms with E-state index in [4.69, 9.17) is 28.4 Å². The number of rotatable bonds is 0. The first-order valence-corrected chi connectivity index (χ1v) is 13.9. The molecule has 0 saturated carbocycles. The molecule has 7 rings (SSSR count). The van der Waals surface area contributed by atoms with Gasteiger partial charge in [-0.15, -0.1) is 0 Å². The van der Waals surface area contributed by atoms with Gasteiger partial charge in [0.05, 0.1) is 39.5 Å². The van der Waals surface area contributed by atoms with Crippen molar-refractivity contribution < 1.29 is 38.0 Å². The van der Waals surface area contributed by atoms with E-state index in [9.17, 15) is 9.59 Å². The van der Waals surface area contributed by atoms with Crippen LogP contribution in [0.15, 0.2) is 84.9 Å². The molecule has 0 saturated heterocycles. The molecule has 0 radical (unpaired) electrons. The van der Waals surface area contributed by atoms with Crippen molar-refractivity contribution >= 4 is 11.8 Å². The summed E-state index contributed by atoms with van der Waals surface area (Å²) in [5.74, 6) is 2.15. The highest BCUT2D eigenvalue weighted by Crippen LogP contribution is 2.18. The average molecular weight is 577 g/mol. The maximum atomic E-state index is 12.6. The van der Waals surface area contributed by atoms with Crippen LogP contribution in [-0.2, 0) is 9.47 Å². The molecule has 4 aliphatic rings. The molecule has 10 heteroatoms. The second-order valence-corrected chi connectivity index (χ2v) is 9.05. The molecule has 0 atom stereocenters. The molecule has 0 aromatic heterocycles. The third-order valence-corrected chi connectivity index (χ3v) is 5.93. The highest BCUT2D eigenvalue weighted by atomic mass is 16.5. The molecule has 0 spiro atoms. The topological polar surface area (TPSA) is 114 Å². The summed E-state index contributed by atoms with van der Waals surface area (Å²) in [7, 11) is 0. The van der Waals surface area contributed by atoms with E-state index in [0.717, 1.165) is 0 Å². The second-order valence-electron chi connectivity index (χ2n) is 9.05. The van der Waals surface area contributed by atoms with Gasteiger partial charge in [-0.1, -0.05) is 18.2 Å².